The SMILES string of the molecule is CC1CC(N)c2nc(Cc3cccs3)nn2C1. The maximum absolute atomic E-state index is 6.10. The van der Waals surface area contributed by atoms with Crippen molar-refractivity contribution in [3.8, 4) is 0 Å². The summed E-state index contributed by atoms with van der Waals surface area (Å²) < 4.78 is 1.99. The zero-order chi connectivity index (χ0) is 11.8. The molecule has 1 aliphatic rings. The molecule has 2 atom stereocenters. The normalized spacial score (nSPS) is 23.6. The van der Waals surface area contributed by atoms with Gasteiger partial charge >= 0.3 is 0 Å². The number of aromatic nitrogens is 3. The Hall–Kier alpha value is -1.20. The third-order valence-electron chi connectivity index (χ3n) is 3.13. The number of nitrogens with zero attached hydrogens (tertiary/aromatic N) is 3. The molecule has 0 bridgehead atoms. The Bertz CT molecular complexity index is 503. The van der Waals surface area contributed by atoms with E-state index in [1.807, 2.05) is 4.68 Å². The largest absolute Gasteiger partial charge is 0.321 e. The number of thiophene rings is 1. The van der Waals surface area contributed by atoms with E-state index in [2.05, 4.69) is 34.5 Å². The average Bonchev–Trinajstić information content (AvgIpc) is 2.87. The molecule has 2 aromatic heterocycles. The molecule has 0 saturated carbocycles. The van der Waals surface area contributed by atoms with Crippen LogP contribution in [-0.2, 0) is 13.0 Å². The van der Waals surface area contributed by atoms with E-state index in [0.717, 1.165) is 31.0 Å². The summed E-state index contributed by atoms with van der Waals surface area (Å²) in [5, 5.41) is 6.64. The van der Waals surface area contributed by atoms with Crippen LogP contribution < -0.4 is 5.73 Å². The minimum absolute atomic E-state index is 0.0448. The molecule has 90 valence electrons. The summed E-state index contributed by atoms with van der Waals surface area (Å²) in [7, 11) is 0. The predicted molar refractivity (Wildman–Crippen MR) is 67.9 cm³/mol. The van der Waals surface area contributed by atoms with E-state index in [0.29, 0.717) is 5.92 Å². The van der Waals surface area contributed by atoms with Crippen LogP contribution in [0.25, 0.3) is 0 Å². The second-order valence-electron chi connectivity index (χ2n) is 4.77. The monoisotopic (exact) mass is 248 g/mol. The summed E-state index contributed by atoms with van der Waals surface area (Å²) in [6.07, 6.45) is 1.83. The van der Waals surface area contributed by atoms with Gasteiger partial charge in [-0.15, -0.1) is 11.3 Å². The van der Waals surface area contributed by atoms with E-state index in [1.165, 1.54) is 4.88 Å². The van der Waals surface area contributed by atoms with E-state index in [9.17, 15) is 0 Å². The molecule has 0 fully saturated rings. The van der Waals surface area contributed by atoms with Crippen LogP contribution in [0.15, 0.2) is 17.5 Å². The third kappa shape index (κ3) is 2.12. The number of rotatable bonds is 2. The summed E-state index contributed by atoms with van der Waals surface area (Å²) >= 11 is 1.74. The highest BCUT2D eigenvalue weighted by atomic mass is 32.1. The first-order valence-electron chi connectivity index (χ1n) is 5.94. The molecule has 0 aliphatic carbocycles. The maximum Gasteiger partial charge on any atom is 0.156 e. The van der Waals surface area contributed by atoms with Crippen LogP contribution in [0.3, 0.4) is 0 Å². The highest BCUT2D eigenvalue weighted by Crippen LogP contribution is 2.25. The average molecular weight is 248 g/mol. The van der Waals surface area contributed by atoms with Gasteiger partial charge in [0.25, 0.3) is 0 Å². The molecule has 0 radical (unpaired) electrons. The van der Waals surface area contributed by atoms with Crippen molar-refractivity contribution < 1.29 is 0 Å². The molecule has 0 amide bonds. The Labute approximate surface area is 104 Å². The lowest BCUT2D eigenvalue weighted by Gasteiger charge is -2.23. The van der Waals surface area contributed by atoms with Crippen LogP contribution in [0.5, 0.6) is 0 Å². The lowest BCUT2D eigenvalue weighted by molar-refractivity contribution is 0.325. The van der Waals surface area contributed by atoms with Crippen molar-refractivity contribution in [1.29, 1.82) is 0 Å². The second-order valence-corrected chi connectivity index (χ2v) is 5.80. The smallest absolute Gasteiger partial charge is 0.156 e. The molecule has 0 spiro atoms. The lowest BCUT2D eigenvalue weighted by Crippen LogP contribution is -2.27. The van der Waals surface area contributed by atoms with Gasteiger partial charge in [0, 0.05) is 17.8 Å². The molecule has 3 heterocycles. The van der Waals surface area contributed by atoms with Crippen molar-refractivity contribution in [3.05, 3.63) is 34.0 Å². The molecule has 17 heavy (non-hydrogen) atoms. The minimum atomic E-state index is 0.0448. The molecule has 2 N–H and O–H groups in total. The van der Waals surface area contributed by atoms with Crippen molar-refractivity contribution in [2.75, 3.05) is 0 Å². The quantitative estimate of drug-likeness (QED) is 0.884. The van der Waals surface area contributed by atoms with E-state index in [-0.39, 0.29) is 6.04 Å². The standard InChI is InChI=1S/C12H16N4S/c1-8-5-10(13)12-14-11(15-16(12)7-8)6-9-3-2-4-17-9/h2-4,8,10H,5-7,13H2,1H3. The van der Waals surface area contributed by atoms with Gasteiger partial charge in [0.05, 0.1) is 6.04 Å². The van der Waals surface area contributed by atoms with Gasteiger partial charge in [0.15, 0.2) is 5.82 Å². The number of hydrogen-bond donors (Lipinski definition) is 1. The summed E-state index contributed by atoms with van der Waals surface area (Å²) in [5.74, 6) is 2.44. The van der Waals surface area contributed by atoms with Crippen molar-refractivity contribution >= 4 is 11.3 Å². The minimum Gasteiger partial charge on any atom is -0.321 e. The van der Waals surface area contributed by atoms with Crippen molar-refractivity contribution in [2.24, 2.45) is 11.7 Å². The van der Waals surface area contributed by atoms with Gasteiger partial charge in [-0.3, -0.25) is 0 Å². The molecule has 2 aromatic rings. The van der Waals surface area contributed by atoms with Crippen LogP contribution in [0.4, 0.5) is 0 Å². The predicted octanol–water partition coefficient (Wildman–Crippen LogP) is 1.97. The zero-order valence-electron chi connectivity index (χ0n) is 9.84. The highest BCUT2D eigenvalue weighted by Gasteiger charge is 2.25. The third-order valence-corrected chi connectivity index (χ3v) is 4.01. The Kier molecular flexibility index (Phi) is 2.72. The van der Waals surface area contributed by atoms with Crippen molar-refractivity contribution in [1.82, 2.24) is 14.8 Å². The van der Waals surface area contributed by atoms with Crippen molar-refractivity contribution in [3.63, 3.8) is 0 Å². The number of hydrogen-bond acceptors (Lipinski definition) is 4. The molecular weight excluding hydrogens is 232 g/mol. The second kappa shape index (κ2) is 4.23. The van der Waals surface area contributed by atoms with Gasteiger partial charge < -0.3 is 5.73 Å². The molecular formula is C12H16N4S. The van der Waals surface area contributed by atoms with E-state index in [4.69, 9.17) is 5.73 Å². The van der Waals surface area contributed by atoms with E-state index in [1.54, 1.807) is 11.3 Å². The van der Waals surface area contributed by atoms with Gasteiger partial charge in [0.1, 0.15) is 5.82 Å². The molecule has 2 unspecified atom stereocenters. The maximum atomic E-state index is 6.10. The van der Waals surface area contributed by atoms with Gasteiger partial charge in [-0.1, -0.05) is 13.0 Å². The molecule has 0 aromatic carbocycles. The zero-order valence-corrected chi connectivity index (χ0v) is 10.7. The Morgan fingerprint density at radius 1 is 1.59 bits per heavy atom. The summed E-state index contributed by atoms with van der Waals surface area (Å²) in [5.41, 5.74) is 6.10. The van der Waals surface area contributed by atoms with Gasteiger partial charge in [-0.05, 0) is 23.8 Å². The number of nitrogens with two attached hydrogens (primary N) is 1. The first-order chi connectivity index (χ1) is 8.22. The topological polar surface area (TPSA) is 56.7 Å². The lowest BCUT2D eigenvalue weighted by atomic mass is 9.98. The summed E-state index contributed by atoms with van der Waals surface area (Å²) in [6, 6.07) is 4.22. The number of fused-ring (bicyclic) bond motifs is 1. The Morgan fingerprint density at radius 2 is 2.47 bits per heavy atom. The first kappa shape index (κ1) is 10.9. The Balaban J connectivity index is 1.86. The van der Waals surface area contributed by atoms with Crippen LogP contribution in [0.2, 0.25) is 0 Å². The van der Waals surface area contributed by atoms with Crippen LogP contribution in [-0.4, -0.2) is 14.8 Å². The molecule has 1 aliphatic heterocycles. The van der Waals surface area contributed by atoms with Gasteiger partial charge in [-0.2, -0.15) is 5.10 Å². The van der Waals surface area contributed by atoms with Crippen LogP contribution in [0.1, 0.15) is 35.9 Å². The molecule has 5 heteroatoms. The molecule has 4 nitrogen and oxygen atoms in total. The van der Waals surface area contributed by atoms with Crippen LogP contribution >= 0.6 is 11.3 Å². The molecule has 3 rings (SSSR count). The van der Waals surface area contributed by atoms with Crippen molar-refractivity contribution in [2.45, 2.75) is 32.4 Å². The van der Waals surface area contributed by atoms with E-state index < -0.39 is 0 Å². The fraction of sp³-hybridized carbons (Fsp3) is 0.500. The summed E-state index contributed by atoms with van der Waals surface area (Å²) in [4.78, 5) is 5.88. The van der Waals surface area contributed by atoms with Crippen LogP contribution in [0, 0.1) is 5.92 Å². The van der Waals surface area contributed by atoms with E-state index >= 15 is 0 Å². The fourth-order valence-electron chi connectivity index (χ4n) is 2.36. The van der Waals surface area contributed by atoms with Gasteiger partial charge in [0.2, 0.25) is 0 Å². The Morgan fingerprint density at radius 3 is 3.24 bits per heavy atom. The first-order valence-corrected chi connectivity index (χ1v) is 6.82. The fourth-order valence-corrected chi connectivity index (χ4v) is 3.07. The molecule has 0 saturated heterocycles. The highest BCUT2D eigenvalue weighted by molar-refractivity contribution is 7.09. The van der Waals surface area contributed by atoms with Gasteiger partial charge in [-0.25, -0.2) is 9.67 Å². The summed E-state index contributed by atoms with van der Waals surface area (Å²) in [6.45, 7) is 3.16.